The van der Waals surface area contributed by atoms with E-state index in [0.29, 0.717) is 10.6 Å². The van der Waals surface area contributed by atoms with Crippen LogP contribution in [-0.2, 0) is 9.59 Å². The van der Waals surface area contributed by atoms with Gasteiger partial charge in [-0.05, 0) is 30.5 Å². The number of benzene rings is 1. The molecule has 0 N–H and O–H groups in total. The Labute approximate surface area is 123 Å². The van der Waals surface area contributed by atoms with Gasteiger partial charge in [-0.2, -0.15) is 0 Å². The van der Waals surface area contributed by atoms with Crippen LogP contribution in [0.3, 0.4) is 0 Å². The number of rotatable bonds is 2. The molecular weight excluding hydrogens is 274 g/mol. The zero-order valence-electron chi connectivity index (χ0n) is 11.1. The van der Waals surface area contributed by atoms with Crippen LogP contribution in [0.25, 0.3) is 5.57 Å². The molecule has 2 amide bonds. The summed E-state index contributed by atoms with van der Waals surface area (Å²) in [6.45, 7) is 0. The third kappa shape index (κ3) is 2.38. The molecular formula is C16H16ClNO2. The Balaban J connectivity index is 1.84. The summed E-state index contributed by atoms with van der Waals surface area (Å²) in [4.78, 5) is 26.1. The highest BCUT2D eigenvalue weighted by molar-refractivity contribution is 6.34. The predicted molar refractivity (Wildman–Crippen MR) is 78.2 cm³/mol. The fourth-order valence-corrected chi connectivity index (χ4v) is 3.13. The first-order chi connectivity index (χ1) is 9.66. The second-order valence-electron chi connectivity index (χ2n) is 5.37. The van der Waals surface area contributed by atoms with Crippen LogP contribution in [0.5, 0.6) is 0 Å². The lowest BCUT2D eigenvalue weighted by Crippen LogP contribution is -2.41. The van der Waals surface area contributed by atoms with Crippen LogP contribution >= 0.6 is 11.6 Å². The molecule has 1 aromatic carbocycles. The molecule has 4 heteroatoms. The molecule has 0 saturated heterocycles. The van der Waals surface area contributed by atoms with Gasteiger partial charge in [-0.15, -0.1) is 0 Å². The van der Waals surface area contributed by atoms with Gasteiger partial charge < -0.3 is 0 Å². The zero-order valence-corrected chi connectivity index (χ0v) is 11.9. The quantitative estimate of drug-likeness (QED) is 0.782. The summed E-state index contributed by atoms with van der Waals surface area (Å²) < 4.78 is 0. The van der Waals surface area contributed by atoms with Crippen LogP contribution in [0, 0.1) is 0 Å². The number of amides is 2. The Bertz CT molecular complexity index is 571. The fraction of sp³-hybridized carbons (Fsp3) is 0.375. The van der Waals surface area contributed by atoms with Gasteiger partial charge in [0.05, 0.1) is 5.57 Å². The molecule has 1 saturated carbocycles. The fourth-order valence-electron chi connectivity index (χ4n) is 3.01. The monoisotopic (exact) mass is 289 g/mol. The van der Waals surface area contributed by atoms with Crippen molar-refractivity contribution >= 4 is 29.0 Å². The van der Waals surface area contributed by atoms with Crippen LogP contribution in [0.1, 0.15) is 37.7 Å². The summed E-state index contributed by atoms with van der Waals surface area (Å²) >= 11 is 5.85. The number of imide groups is 1. The summed E-state index contributed by atoms with van der Waals surface area (Å²) in [5.74, 6) is -0.337. The maximum atomic E-state index is 12.5. The second kappa shape index (κ2) is 5.41. The van der Waals surface area contributed by atoms with Gasteiger partial charge in [-0.1, -0.05) is 43.0 Å². The Kier molecular flexibility index (Phi) is 3.62. The van der Waals surface area contributed by atoms with E-state index < -0.39 is 0 Å². The standard InChI is InChI=1S/C16H16ClNO2/c17-12-8-6-11(7-9-12)14-10-15(19)18(16(14)20)13-4-2-1-3-5-13/h6-10,13H,1-5H2. The van der Waals surface area contributed by atoms with Crippen molar-refractivity contribution in [3.63, 3.8) is 0 Å². The van der Waals surface area contributed by atoms with Crippen molar-refractivity contribution in [2.45, 2.75) is 38.1 Å². The molecule has 1 aromatic rings. The van der Waals surface area contributed by atoms with Crippen LogP contribution in [0.2, 0.25) is 5.02 Å². The van der Waals surface area contributed by atoms with E-state index in [4.69, 9.17) is 11.6 Å². The summed E-state index contributed by atoms with van der Waals surface area (Å²) in [7, 11) is 0. The summed E-state index contributed by atoms with van der Waals surface area (Å²) in [5, 5.41) is 0.621. The maximum Gasteiger partial charge on any atom is 0.261 e. The van der Waals surface area contributed by atoms with Crippen LogP contribution in [0.4, 0.5) is 0 Å². The molecule has 0 atom stereocenters. The Morgan fingerprint density at radius 2 is 1.65 bits per heavy atom. The molecule has 104 valence electrons. The number of carbonyl (C=O) groups is 2. The number of carbonyl (C=O) groups excluding carboxylic acids is 2. The molecule has 1 aliphatic heterocycles. The molecule has 1 aliphatic carbocycles. The number of hydrogen-bond acceptors (Lipinski definition) is 2. The third-order valence-electron chi connectivity index (χ3n) is 4.05. The van der Waals surface area contributed by atoms with E-state index in [1.54, 1.807) is 24.3 Å². The molecule has 20 heavy (non-hydrogen) atoms. The average molecular weight is 290 g/mol. The van der Waals surface area contributed by atoms with Crippen molar-refractivity contribution in [3.05, 3.63) is 40.9 Å². The smallest absolute Gasteiger partial charge is 0.261 e. The first-order valence-electron chi connectivity index (χ1n) is 7.02. The zero-order chi connectivity index (χ0) is 14.1. The Morgan fingerprint density at radius 3 is 2.30 bits per heavy atom. The largest absolute Gasteiger partial charge is 0.272 e. The molecule has 1 fully saturated rings. The molecule has 3 rings (SSSR count). The van der Waals surface area contributed by atoms with Gasteiger partial charge in [-0.3, -0.25) is 14.5 Å². The van der Waals surface area contributed by atoms with Gasteiger partial charge >= 0.3 is 0 Å². The van der Waals surface area contributed by atoms with E-state index in [-0.39, 0.29) is 17.9 Å². The first kappa shape index (κ1) is 13.4. The van der Waals surface area contributed by atoms with Crippen molar-refractivity contribution in [2.24, 2.45) is 0 Å². The van der Waals surface area contributed by atoms with E-state index in [2.05, 4.69) is 0 Å². The number of hydrogen-bond donors (Lipinski definition) is 0. The maximum absolute atomic E-state index is 12.5. The molecule has 3 nitrogen and oxygen atoms in total. The minimum absolute atomic E-state index is 0.0739. The van der Waals surface area contributed by atoms with Crippen molar-refractivity contribution < 1.29 is 9.59 Å². The topological polar surface area (TPSA) is 37.4 Å². The van der Waals surface area contributed by atoms with Crippen molar-refractivity contribution in [2.75, 3.05) is 0 Å². The van der Waals surface area contributed by atoms with Crippen molar-refractivity contribution in [3.8, 4) is 0 Å². The molecule has 0 aromatic heterocycles. The SMILES string of the molecule is O=C1C=C(c2ccc(Cl)cc2)C(=O)N1C1CCCCC1. The van der Waals surface area contributed by atoms with E-state index in [9.17, 15) is 9.59 Å². The lowest BCUT2D eigenvalue weighted by molar-refractivity contribution is -0.139. The lowest BCUT2D eigenvalue weighted by Gasteiger charge is -2.29. The normalized spacial score (nSPS) is 20.4. The van der Waals surface area contributed by atoms with E-state index in [1.807, 2.05) is 0 Å². The van der Waals surface area contributed by atoms with Gasteiger partial charge in [0, 0.05) is 17.1 Å². The number of halogens is 1. The average Bonchev–Trinajstić information content (AvgIpc) is 2.76. The highest BCUT2D eigenvalue weighted by atomic mass is 35.5. The van der Waals surface area contributed by atoms with Crippen LogP contribution in [0.15, 0.2) is 30.3 Å². The van der Waals surface area contributed by atoms with Gasteiger partial charge in [0.25, 0.3) is 11.8 Å². The number of nitrogens with zero attached hydrogens (tertiary/aromatic N) is 1. The van der Waals surface area contributed by atoms with E-state index in [0.717, 1.165) is 31.2 Å². The van der Waals surface area contributed by atoms with Crippen molar-refractivity contribution in [1.82, 2.24) is 4.90 Å². The van der Waals surface area contributed by atoms with E-state index >= 15 is 0 Å². The molecule has 0 unspecified atom stereocenters. The molecule has 0 radical (unpaired) electrons. The van der Waals surface area contributed by atoms with Crippen molar-refractivity contribution in [1.29, 1.82) is 0 Å². The predicted octanol–water partition coefficient (Wildman–Crippen LogP) is 3.42. The summed E-state index contributed by atoms with van der Waals surface area (Å²) in [6.07, 6.45) is 6.71. The minimum atomic E-state index is -0.174. The van der Waals surface area contributed by atoms with Crippen LogP contribution in [-0.4, -0.2) is 22.8 Å². The molecule has 1 heterocycles. The van der Waals surface area contributed by atoms with Gasteiger partial charge in [0.2, 0.25) is 0 Å². The van der Waals surface area contributed by atoms with Gasteiger partial charge in [0.1, 0.15) is 0 Å². The first-order valence-corrected chi connectivity index (χ1v) is 7.40. The highest BCUT2D eigenvalue weighted by Gasteiger charge is 2.37. The molecule has 0 bridgehead atoms. The Morgan fingerprint density at radius 1 is 1.00 bits per heavy atom. The highest BCUT2D eigenvalue weighted by Crippen LogP contribution is 2.30. The Hall–Kier alpha value is -1.61. The lowest BCUT2D eigenvalue weighted by atomic mass is 9.94. The van der Waals surface area contributed by atoms with Gasteiger partial charge in [-0.25, -0.2) is 0 Å². The third-order valence-corrected chi connectivity index (χ3v) is 4.30. The van der Waals surface area contributed by atoms with Crippen LogP contribution < -0.4 is 0 Å². The second-order valence-corrected chi connectivity index (χ2v) is 5.81. The molecule has 0 spiro atoms. The summed E-state index contributed by atoms with van der Waals surface area (Å²) in [5.41, 5.74) is 1.24. The molecule has 2 aliphatic rings. The van der Waals surface area contributed by atoms with E-state index in [1.165, 1.54) is 17.4 Å². The summed E-state index contributed by atoms with van der Waals surface area (Å²) in [6, 6.07) is 7.11. The van der Waals surface area contributed by atoms with Gasteiger partial charge in [0.15, 0.2) is 0 Å². The minimum Gasteiger partial charge on any atom is -0.272 e.